The summed E-state index contributed by atoms with van der Waals surface area (Å²) < 4.78 is 9.18. The average molecular weight is 208 g/mol. The molecule has 0 heterocycles. The second-order valence-electron chi connectivity index (χ2n) is 2.12. The molecule has 1 N–H and O–H groups in total. The Bertz CT molecular complexity index is 182. The molecule has 1 atom stereocenters. The first-order valence-electron chi connectivity index (χ1n) is 3.67. The van der Waals surface area contributed by atoms with Gasteiger partial charge in [0.25, 0.3) is 0 Å². The molecule has 0 aliphatic carbocycles. The van der Waals surface area contributed by atoms with Gasteiger partial charge in [0.1, 0.15) is 0 Å². The molecule has 0 aromatic rings. The summed E-state index contributed by atoms with van der Waals surface area (Å²) in [7, 11) is 0. The van der Waals surface area contributed by atoms with Gasteiger partial charge in [-0.3, -0.25) is 4.79 Å². The summed E-state index contributed by atoms with van der Waals surface area (Å²) in [4.78, 5) is 21.2. The summed E-state index contributed by atoms with van der Waals surface area (Å²) >= 11 is 0.829. The fourth-order valence-corrected chi connectivity index (χ4v) is 1.02. The van der Waals surface area contributed by atoms with E-state index < -0.39 is 17.6 Å². The van der Waals surface area contributed by atoms with Gasteiger partial charge in [0.05, 0.1) is 6.61 Å². The van der Waals surface area contributed by atoms with Crippen LogP contribution in [0.5, 0.6) is 0 Å². The van der Waals surface area contributed by atoms with Gasteiger partial charge in [0.15, 0.2) is 0 Å². The Morgan fingerprint density at radius 1 is 1.46 bits per heavy atom. The summed E-state index contributed by atoms with van der Waals surface area (Å²) in [5.41, 5.74) is 0. The Morgan fingerprint density at radius 3 is 2.54 bits per heavy atom. The van der Waals surface area contributed by atoms with E-state index in [1.54, 1.807) is 0 Å². The zero-order valence-electron chi connectivity index (χ0n) is 7.48. The zero-order chi connectivity index (χ0) is 10.3. The van der Waals surface area contributed by atoms with Gasteiger partial charge < -0.3 is 14.6 Å². The number of hydrogen-bond acceptors (Lipinski definition) is 6. The number of rotatable bonds is 4. The number of aliphatic hydroxyl groups is 1. The quantitative estimate of drug-likeness (QED) is 0.543. The molecule has 0 aliphatic rings. The molecule has 0 bridgehead atoms. The summed E-state index contributed by atoms with van der Waals surface area (Å²) in [5.74, 6) is -0.238. The van der Waals surface area contributed by atoms with Gasteiger partial charge in [-0.1, -0.05) is 0 Å². The Hall–Kier alpha value is -0.750. The maximum atomic E-state index is 10.8. The molecule has 0 amide bonds. The highest BCUT2D eigenvalue weighted by Gasteiger charge is 2.11. The number of esters is 1. The van der Waals surface area contributed by atoms with Crippen molar-refractivity contribution in [2.75, 3.05) is 12.4 Å². The van der Waals surface area contributed by atoms with E-state index in [4.69, 9.17) is 5.11 Å². The summed E-state index contributed by atoms with van der Waals surface area (Å²) in [6.07, 6.45) is -0.879. The van der Waals surface area contributed by atoms with E-state index in [-0.39, 0.29) is 12.4 Å². The summed E-state index contributed by atoms with van der Waals surface area (Å²) in [6.45, 7) is 2.58. The van der Waals surface area contributed by atoms with Crippen LogP contribution >= 0.6 is 11.8 Å². The lowest BCUT2D eigenvalue weighted by molar-refractivity contribution is -0.160. The second-order valence-corrected chi connectivity index (χ2v) is 3.15. The van der Waals surface area contributed by atoms with E-state index in [2.05, 4.69) is 9.47 Å². The third kappa shape index (κ3) is 7.61. The van der Waals surface area contributed by atoms with Crippen LogP contribution in [0.4, 0.5) is 4.79 Å². The molecule has 0 spiro atoms. The van der Waals surface area contributed by atoms with Crippen LogP contribution in [0, 0.1) is 0 Å². The molecular formula is C7H12O5S. The Morgan fingerprint density at radius 2 is 2.08 bits per heavy atom. The Kier molecular flexibility index (Phi) is 6.34. The number of thioether (sulfide) groups is 1. The van der Waals surface area contributed by atoms with Crippen LogP contribution in [0.15, 0.2) is 0 Å². The SMILES string of the molecule is CC(=O)OC(C)OC(=O)SCCO. The molecule has 0 saturated heterocycles. The lowest BCUT2D eigenvalue weighted by atomic mass is 10.7. The van der Waals surface area contributed by atoms with Gasteiger partial charge in [-0.25, -0.2) is 4.79 Å². The largest absolute Gasteiger partial charge is 0.426 e. The molecule has 0 aromatic carbocycles. The third-order valence-electron chi connectivity index (χ3n) is 0.905. The molecule has 0 saturated carbocycles. The first-order valence-corrected chi connectivity index (χ1v) is 4.66. The molecule has 13 heavy (non-hydrogen) atoms. The van der Waals surface area contributed by atoms with Crippen LogP contribution in [-0.2, 0) is 14.3 Å². The van der Waals surface area contributed by atoms with Crippen LogP contribution < -0.4 is 0 Å². The fourth-order valence-electron chi connectivity index (χ4n) is 0.556. The van der Waals surface area contributed by atoms with Crippen molar-refractivity contribution in [3.05, 3.63) is 0 Å². The molecule has 5 nitrogen and oxygen atoms in total. The van der Waals surface area contributed by atoms with E-state index in [0.717, 1.165) is 11.8 Å². The van der Waals surface area contributed by atoms with Gasteiger partial charge in [-0.05, 0) is 11.8 Å². The van der Waals surface area contributed by atoms with Crippen LogP contribution in [0.2, 0.25) is 0 Å². The van der Waals surface area contributed by atoms with E-state index in [9.17, 15) is 9.59 Å². The number of ether oxygens (including phenoxy) is 2. The number of aliphatic hydroxyl groups excluding tert-OH is 1. The molecule has 0 fully saturated rings. The summed E-state index contributed by atoms with van der Waals surface area (Å²) in [5, 5.41) is 7.81. The molecule has 0 aromatic heterocycles. The molecule has 0 radical (unpaired) electrons. The van der Waals surface area contributed by atoms with Gasteiger partial charge >= 0.3 is 11.3 Å². The maximum absolute atomic E-state index is 10.8. The van der Waals surface area contributed by atoms with E-state index in [1.807, 2.05) is 0 Å². The van der Waals surface area contributed by atoms with E-state index in [1.165, 1.54) is 13.8 Å². The highest BCUT2D eigenvalue weighted by molar-refractivity contribution is 8.13. The standard InChI is InChI=1S/C7H12O5S/c1-5(9)11-6(2)12-7(10)13-4-3-8/h6,8H,3-4H2,1-2H3. The number of hydrogen-bond donors (Lipinski definition) is 1. The van der Waals surface area contributed by atoms with Crippen molar-refractivity contribution in [1.82, 2.24) is 0 Å². The molecule has 6 heteroatoms. The number of carbonyl (C=O) groups excluding carboxylic acids is 2. The lowest BCUT2D eigenvalue weighted by Gasteiger charge is -2.11. The average Bonchev–Trinajstić information content (AvgIpc) is 1.98. The van der Waals surface area contributed by atoms with Gasteiger partial charge in [0.2, 0.25) is 6.29 Å². The minimum atomic E-state index is -0.879. The van der Waals surface area contributed by atoms with Crippen molar-refractivity contribution < 1.29 is 24.2 Å². The fraction of sp³-hybridized carbons (Fsp3) is 0.714. The van der Waals surface area contributed by atoms with Crippen molar-refractivity contribution >= 4 is 23.0 Å². The predicted molar refractivity (Wildman–Crippen MR) is 47.3 cm³/mol. The van der Waals surface area contributed by atoms with Crippen LogP contribution in [0.3, 0.4) is 0 Å². The van der Waals surface area contributed by atoms with Crippen molar-refractivity contribution in [2.45, 2.75) is 20.1 Å². The monoisotopic (exact) mass is 208 g/mol. The van der Waals surface area contributed by atoms with Crippen LogP contribution in [-0.4, -0.2) is 35.0 Å². The maximum Gasteiger partial charge on any atom is 0.370 e. The predicted octanol–water partition coefficient (Wildman–Crippen LogP) is 0.758. The summed E-state index contributed by atoms with van der Waals surface area (Å²) in [6, 6.07) is 0. The van der Waals surface area contributed by atoms with Crippen LogP contribution in [0.25, 0.3) is 0 Å². The second kappa shape index (κ2) is 6.73. The lowest BCUT2D eigenvalue weighted by Crippen LogP contribution is -2.18. The Balaban J connectivity index is 3.59. The molecule has 1 unspecified atom stereocenters. The molecular weight excluding hydrogens is 196 g/mol. The van der Waals surface area contributed by atoms with Gasteiger partial charge in [-0.2, -0.15) is 0 Å². The first-order chi connectivity index (χ1) is 6.06. The van der Waals surface area contributed by atoms with E-state index >= 15 is 0 Å². The van der Waals surface area contributed by atoms with Crippen molar-refractivity contribution in [2.24, 2.45) is 0 Å². The smallest absolute Gasteiger partial charge is 0.370 e. The van der Waals surface area contributed by atoms with Crippen molar-refractivity contribution in [3.63, 3.8) is 0 Å². The first kappa shape index (κ1) is 12.2. The topological polar surface area (TPSA) is 72.8 Å². The molecule has 76 valence electrons. The molecule has 0 rings (SSSR count). The minimum absolute atomic E-state index is 0.0955. The zero-order valence-corrected chi connectivity index (χ0v) is 8.30. The van der Waals surface area contributed by atoms with Crippen molar-refractivity contribution in [3.8, 4) is 0 Å². The normalized spacial score (nSPS) is 11.9. The highest BCUT2D eigenvalue weighted by atomic mass is 32.2. The van der Waals surface area contributed by atoms with Crippen LogP contribution in [0.1, 0.15) is 13.8 Å². The third-order valence-corrected chi connectivity index (χ3v) is 1.62. The number of carbonyl (C=O) groups is 2. The van der Waals surface area contributed by atoms with Gasteiger partial charge in [-0.15, -0.1) is 0 Å². The minimum Gasteiger partial charge on any atom is -0.426 e. The Labute approximate surface area is 80.4 Å². The van der Waals surface area contributed by atoms with E-state index in [0.29, 0.717) is 0 Å². The van der Waals surface area contributed by atoms with Gasteiger partial charge in [0, 0.05) is 19.6 Å². The highest BCUT2D eigenvalue weighted by Crippen LogP contribution is 2.07. The van der Waals surface area contributed by atoms with Crippen molar-refractivity contribution in [1.29, 1.82) is 0 Å². The molecule has 0 aliphatic heterocycles.